The summed E-state index contributed by atoms with van der Waals surface area (Å²) in [6.45, 7) is 14.1. The number of nitrogens with zero attached hydrogens (tertiary/aromatic N) is 1. The van der Waals surface area contributed by atoms with Gasteiger partial charge in [-0.05, 0) is 48.6 Å². The monoisotopic (exact) mass is 423 g/mol. The van der Waals surface area contributed by atoms with Crippen molar-refractivity contribution in [3.05, 3.63) is 99.9 Å². The second-order valence-corrected chi connectivity index (χ2v) is 7.98. The number of esters is 1. The molecule has 4 nitrogen and oxygen atoms in total. The number of carbonyl (C=O) groups is 1. The highest BCUT2D eigenvalue weighted by Crippen LogP contribution is 2.55. The Morgan fingerprint density at radius 2 is 1.78 bits per heavy atom. The first kappa shape index (κ1) is 20.1. The molecule has 0 saturated heterocycles. The van der Waals surface area contributed by atoms with Crippen molar-refractivity contribution in [3.8, 4) is 11.5 Å². The number of benzene rings is 3. The molecule has 0 bridgehead atoms. The predicted molar refractivity (Wildman–Crippen MR) is 128 cm³/mol. The zero-order valence-electron chi connectivity index (χ0n) is 18.4. The van der Waals surface area contributed by atoms with E-state index in [9.17, 15) is 4.79 Å². The number of anilines is 1. The lowest BCUT2D eigenvalue weighted by molar-refractivity contribution is 0.0221. The van der Waals surface area contributed by atoms with E-state index in [-0.39, 0.29) is 5.97 Å². The minimum absolute atomic E-state index is 0.341. The molecule has 1 unspecified atom stereocenters. The van der Waals surface area contributed by atoms with Crippen molar-refractivity contribution in [3.63, 3.8) is 0 Å². The number of hydrogen-bond donors (Lipinski definition) is 0. The fraction of sp³-hybridized carbons (Fsp3) is 0.179. The fourth-order valence-electron chi connectivity index (χ4n) is 4.93. The Labute approximate surface area is 187 Å². The van der Waals surface area contributed by atoms with Gasteiger partial charge >= 0.3 is 5.97 Å². The summed E-state index contributed by atoms with van der Waals surface area (Å²) >= 11 is 0. The summed E-state index contributed by atoms with van der Waals surface area (Å²) in [5.41, 5.74) is 2.93. The summed E-state index contributed by atoms with van der Waals surface area (Å²) in [4.78, 5) is 15.3. The number of hydrogen-bond acceptors (Lipinski definition) is 4. The van der Waals surface area contributed by atoms with E-state index in [1.807, 2.05) is 54.6 Å². The minimum Gasteiger partial charge on any atom is -0.456 e. The molecule has 4 heteroatoms. The molecule has 5 rings (SSSR count). The van der Waals surface area contributed by atoms with Crippen molar-refractivity contribution in [2.24, 2.45) is 0 Å². The SMILES string of the molecule is C=CC=c1c2c(ccc1=C)Oc1cc(N(CC)CC)ccc1C21OC(=O)c2ccccc21. The van der Waals surface area contributed by atoms with E-state index in [4.69, 9.17) is 9.47 Å². The Kier molecular flexibility index (Phi) is 4.66. The standard InChI is InChI=1S/C28H25NO3/c1-5-10-20-18(4)13-16-24-26(20)28(22-12-9-8-11-21(22)27(30)32-28)23-15-14-19(17-25(23)31-24)29(6-2)7-3/h5,8-17H,1,4,6-7H2,2-3H3. The third-order valence-electron chi connectivity index (χ3n) is 6.40. The van der Waals surface area contributed by atoms with E-state index in [2.05, 4.69) is 38.0 Å². The van der Waals surface area contributed by atoms with Gasteiger partial charge in [-0.25, -0.2) is 4.79 Å². The molecule has 0 radical (unpaired) electrons. The first-order chi connectivity index (χ1) is 15.5. The molecule has 160 valence electrons. The number of fused-ring (bicyclic) bond motifs is 6. The van der Waals surface area contributed by atoms with Crippen molar-refractivity contribution in [1.29, 1.82) is 0 Å². The maximum Gasteiger partial charge on any atom is 0.340 e. The fourth-order valence-corrected chi connectivity index (χ4v) is 4.93. The summed E-state index contributed by atoms with van der Waals surface area (Å²) in [5, 5.41) is 1.66. The van der Waals surface area contributed by atoms with E-state index in [1.165, 1.54) is 0 Å². The Hall–Kier alpha value is -3.79. The predicted octanol–water partition coefficient (Wildman–Crippen LogP) is 4.48. The van der Waals surface area contributed by atoms with Gasteiger partial charge in [0.25, 0.3) is 0 Å². The van der Waals surface area contributed by atoms with Gasteiger partial charge in [-0.3, -0.25) is 0 Å². The van der Waals surface area contributed by atoms with Crippen LogP contribution in [0.1, 0.15) is 40.9 Å². The zero-order chi connectivity index (χ0) is 22.5. The second kappa shape index (κ2) is 7.41. The van der Waals surface area contributed by atoms with Gasteiger partial charge in [0.1, 0.15) is 11.5 Å². The maximum atomic E-state index is 13.1. The number of allylic oxidation sites excluding steroid dienone is 1. The second-order valence-electron chi connectivity index (χ2n) is 7.98. The lowest BCUT2D eigenvalue weighted by atomic mass is 9.76. The summed E-state index contributed by atoms with van der Waals surface area (Å²) in [6, 6.07) is 17.5. The molecule has 0 aliphatic carbocycles. The van der Waals surface area contributed by atoms with Gasteiger partial charge in [-0.2, -0.15) is 0 Å². The summed E-state index contributed by atoms with van der Waals surface area (Å²) in [6.07, 6.45) is 3.62. The van der Waals surface area contributed by atoms with Crippen LogP contribution in [0, 0.1) is 0 Å². The van der Waals surface area contributed by atoms with Crippen molar-refractivity contribution in [2.75, 3.05) is 18.0 Å². The Morgan fingerprint density at radius 1 is 1.00 bits per heavy atom. The Balaban J connectivity index is 1.90. The van der Waals surface area contributed by atoms with Crippen molar-refractivity contribution < 1.29 is 14.3 Å². The normalized spacial score (nSPS) is 18.4. The van der Waals surface area contributed by atoms with Crippen LogP contribution in [0.4, 0.5) is 5.69 Å². The van der Waals surface area contributed by atoms with E-state index in [0.717, 1.165) is 45.9 Å². The number of carbonyl (C=O) groups excluding carboxylic acids is 1. The first-order valence-corrected chi connectivity index (χ1v) is 10.9. The van der Waals surface area contributed by atoms with Gasteiger partial charge in [0.15, 0.2) is 5.60 Å². The van der Waals surface area contributed by atoms with Gasteiger partial charge < -0.3 is 14.4 Å². The van der Waals surface area contributed by atoms with Gasteiger partial charge in [0.2, 0.25) is 0 Å². The molecule has 0 amide bonds. The average Bonchev–Trinajstić information content (AvgIpc) is 3.10. The minimum atomic E-state index is -1.11. The van der Waals surface area contributed by atoms with Crippen LogP contribution in [0.5, 0.6) is 11.5 Å². The van der Waals surface area contributed by atoms with E-state index >= 15 is 0 Å². The van der Waals surface area contributed by atoms with E-state index < -0.39 is 5.60 Å². The molecular formula is C28H25NO3. The van der Waals surface area contributed by atoms with Gasteiger partial charge in [-0.15, -0.1) is 0 Å². The molecule has 2 aliphatic heterocycles. The van der Waals surface area contributed by atoms with Crippen LogP contribution in [-0.2, 0) is 10.3 Å². The molecule has 0 fully saturated rings. The molecule has 0 aromatic heterocycles. The van der Waals surface area contributed by atoms with Crippen molar-refractivity contribution >= 4 is 24.3 Å². The molecule has 1 atom stereocenters. The average molecular weight is 424 g/mol. The summed E-state index contributed by atoms with van der Waals surface area (Å²) in [5.74, 6) is 0.998. The zero-order valence-corrected chi connectivity index (χ0v) is 18.4. The molecule has 1 spiro atoms. The lowest BCUT2D eigenvalue weighted by Crippen LogP contribution is -2.42. The van der Waals surface area contributed by atoms with Crippen LogP contribution in [0.25, 0.3) is 12.7 Å². The highest BCUT2D eigenvalue weighted by atomic mass is 16.6. The summed E-state index contributed by atoms with van der Waals surface area (Å²) in [7, 11) is 0. The highest BCUT2D eigenvalue weighted by molar-refractivity contribution is 5.97. The molecule has 0 N–H and O–H groups in total. The molecule has 2 aliphatic rings. The Morgan fingerprint density at radius 3 is 2.53 bits per heavy atom. The molecule has 3 aromatic rings. The van der Waals surface area contributed by atoms with Gasteiger partial charge in [-0.1, -0.05) is 49.6 Å². The van der Waals surface area contributed by atoms with Crippen LogP contribution in [0.15, 0.2) is 67.3 Å². The number of rotatable bonds is 4. The molecule has 3 aromatic carbocycles. The van der Waals surface area contributed by atoms with Crippen LogP contribution in [-0.4, -0.2) is 19.1 Å². The third kappa shape index (κ3) is 2.65. The van der Waals surface area contributed by atoms with Crippen molar-refractivity contribution in [1.82, 2.24) is 0 Å². The van der Waals surface area contributed by atoms with E-state index in [1.54, 1.807) is 6.08 Å². The van der Waals surface area contributed by atoms with Gasteiger partial charge in [0, 0.05) is 36.0 Å². The smallest absolute Gasteiger partial charge is 0.340 e. The topological polar surface area (TPSA) is 38.8 Å². The first-order valence-electron chi connectivity index (χ1n) is 10.9. The molecule has 2 heterocycles. The largest absolute Gasteiger partial charge is 0.456 e. The third-order valence-corrected chi connectivity index (χ3v) is 6.40. The molecule has 32 heavy (non-hydrogen) atoms. The Bertz CT molecular complexity index is 1370. The molecular weight excluding hydrogens is 398 g/mol. The maximum absolute atomic E-state index is 13.1. The lowest BCUT2D eigenvalue weighted by Gasteiger charge is -2.37. The number of ether oxygens (including phenoxy) is 2. The molecule has 0 saturated carbocycles. The van der Waals surface area contributed by atoms with Crippen LogP contribution >= 0.6 is 0 Å². The quantitative estimate of drug-likeness (QED) is 0.580. The summed E-state index contributed by atoms with van der Waals surface area (Å²) < 4.78 is 12.7. The van der Waals surface area contributed by atoms with E-state index in [0.29, 0.717) is 17.1 Å². The van der Waals surface area contributed by atoms with Crippen LogP contribution in [0.2, 0.25) is 0 Å². The van der Waals surface area contributed by atoms with Crippen LogP contribution < -0.4 is 20.1 Å². The van der Waals surface area contributed by atoms with Gasteiger partial charge in [0.05, 0.1) is 11.1 Å². The van der Waals surface area contributed by atoms with Crippen molar-refractivity contribution in [2.45, 2.75) is 19.4 Å². The van der Waals surface area contributed by atoms with Crippen LogP contribution in [0.3, 0.4) is 0 Å². The highest BCUT2D eigenvalue weighted by Gasteiger charge is 2.54.